The summed E-state index contributed by atoms with van der Waals surface area (Å²) in [5, 5.41) is 22.1. The highest BCUT2D eigenvalue weighted by atomic mass is 35.5. The molecule has 1 fully saturated rings. The molecule has 3 aromatic rings. The Hall–Kier alpha value is -4.24. The minimum atomic E-state index is -1.32. The zero-order valence-corrected chi connectivity index (χ0v) is 18.3. The van der Waals surface area contributed by atoms with Crippen molar-refractivity contribution in [2.75, 3.05) is 12.0 Å². The van der Waals surface area contributed by atoms with Crippen molar-refractivity contribution in [2.24, 2.45) is 0 Å². The lowest BCUT2D eigenvalue weighted by atomic mass is 9.94. The number of methoxy groups -OCH3 is 1. The van der Waals surface area contributed by atoms with Gasteiger partial charge >= 0.3 is 0 Å². The average molecular weight is 483 g/mol. The molecule has 0 aromatic heterocycles. The molecule has 172 valence electrons. The summed E-state index contributed by atoms with van der Waals surface area (Å²) in [6.45, 7) is 0. The fourth-order valence-corrected chi connectivity index (χ4v) is 4.04. The molecule has 1 unspecified atom stereocenters. The van der Waals surface area contributed by atoms with E-state index in [0.29, 0.717) is 5.75 Å². The lowest BCUT2D eigenvalue weighted by Gasteiger charge is -2.26. The van der Waals surface area contributed by atoms with Gasteiger partial charge in [-0.15, -0.1) is 0 Å². The van der Waals surface area contributed by atoms with Crippen molar-refractivity contribution in [3.8, 4) is 5.75 Å². The first-order valence-corrected chi connectivity index (χ1v) is 10.3. The second-order valence-corrected chi connectivity index (χ2v) is 7.72. The molecular formula is C24H16ClFN2O6. The van der Waals surface area contributed by atoms with E-state index in [4.69, 9.17) is 16.3 Å². The number of Topliss-reactive ketones (excluding diaryl/α,β-unsaturated/α-hetero) is 1. The first-order valence-electron chi connectivity index (χ1n) is 9.88. The van der Waals surface area contributed by atoms with E-state index in [-0.39, 0.29) is 33.1 Å². The number of hydrogen-bond acceptors (Lipinski definition) is 6. The SMILES string of the molecule is COc1ccc(N2C(=O)C(=O)/C(=C(/O)c3ccc([N+](=O)[O-])cc3)C2c2ccccc2F)cc1Cl. The number of benzene rings is 3. The van der Waals surface area contributed by atoms with Gasteiger partial charge in [-0.05, 0) is 36.4 Å². The lowest BCUT2D eigenvalue weighted by molar-refractivity contribution is -0.384. The Balaban J connectivity index is 1.94. The fourth-order valence-electron chi connectivity index (χ4n) is 3.79. The van der Waals surface area contributed by atoms with E-state index in [1.165, 1.54) is 61.7 Å². The molecule has 1 amide bonds. The molecule has 4 rings (SSSR count). The van der Waals surface area contributed by atoms with Crippen molar-refractivity contribution in [2.45, 2.75) is 6.04 Å². The van der Waals surface area contributed by atoms with E-state index in [0.717, 1.165) is 17.0 Å². The van der Waals surface area contributed by atoms with E-state index < -0.39 is 34.2 Å². The maximum Gasteiger partial charge on any atom is 0.300 e. The standard InChI is InChI=1S/C24H16ClFN2O6/c1-34-19-11-10-15(12-17(19)25)27-21(16-4-2-3-5-18(16)26)20(23(30)24(27)31)22(29)13-6-8-14(9-7-13)28(32)33/h2-12,21,29H,1H3/b22-20+. The van der Waals surface area contributed by atoms with E-state index in [9.17, 15) is 29.2 Å². The number of ketones is 1. The van der Waals surface area contributed by atoms with Crippen LogP contribution in [-0.2, 0) is 9.59 Å². The molecule has 0 saturated carbocycles. The van der Waals surface area contributed by atoms with Crippen LogP contribution in [0.3, 0.4) is 0 Å². The van der Waals surface area contributed by atoms with Gasteiger partial charge in [0.1, 0.15) is 17.3 Å². The molecule has 1 saturated heterocycles. The summed E-state index contributed by atoms with van der Waals surface area (Å²) in [5.41, 5.74) is -0.384. The first kappa shape index (κ1) is 22.9. The quantitative estimate of drug-likeness (QED) is 0.180. The summed E-state index contributed by atoms with van der Waals surface area (Å²) in [7, 11) is 1.41. The fraction of sp³-hybridized carbons (Fsp3) is 0.0833. The monoisotopic (exact) mass is 482 g/mol. The molecule has 0 radical (unpaired) electrons. The maximum atomic E-state index is 14.9. The molecule has 1 heterocycles. The summed E-state index contributed by atoms with van der Waals surface area (Å²) in [6.07, 6.45) is 0. The Bertz CT molecular complexity index is 1360. The number of carbonyl (C=O) groups excluding carboxylic acids is 2. The Morgan fingerprint density at radius 2 is 1.79 bits per heavy atom. The molecule has 0 aliphatic carbocycles. The van der Waals surface area contributed by atoms with E-state index in [1.54, 1.807) is 0 Å². The highest BCUT2D eigenvalue weighted by Gasteiger charge is 2.48. The number of amides is 1. The third-order valence-corrected chi connectivity index (χ3v) is 5.70. The number of rotatable bonds is 5. The number of carbonyl (C=O) groups is 2. The molecule has 10 heteroatoms. The number of nitrogens with zero attached hydrogens (tertiary/aromatic N) is 2. The molecule has 0 spiro atoms. The second-order valence-electron chi connectivity index (χ2n) is 7.31. The maximum absolute atomic E-state index is 14.9. The van der Waals surface area contributed by atoms with Gasteiger partial charge < -0.3 is 9.84 Å². The number of ether oxygens (including phenoxy) is 1. The average Bonchev–Trinajstić information content (AvgIpc) is 3.09. The Labute approximate surface area is 197 Å². The van der Waals surface area contributed by atoms with Crippen LogP contribution in [0, 0.1) is 15.9 Å². The summed E-state index contributed by atoms with van der Waals surface area (Å²) in [4.78, 5) is 37.6. The number of halogens is 2. The molecule has 0 bridgehead atoms. The van der Waals surface area contributed by atoms with Crippen LogP contribution in [0.2, 0.25) is 5.02 Å². The molecule has 1 aliphatic heterocycles. The molecule has 1 atom stereocenters. The zero-order chi connectivity index (χ0) is 24.6. The van der Waals surface area contributed by atoms with Gasteiger partial charge in [0.25, 0.3) is 17.4 Å². The van der Waals surface area contributed by atoms with E-state index >= 15 is 0 Å². The van der Waals surface area contributed by atoms with Crippen LogP contribution in [0.25, 0.3) is 5.76 Å². The minimum Gasteiger partial charge on any atom is -0.507 e. The van der Waals surface area contributed by atoms with Gasteiger partial charge in [0.2, 0.25) is 0 Å². The van der Waals surface area contributed by atoms with Gasteiger partial charge in [0.05, 0.1) is 28.7 Å². The van der Waals surface area contributed by atoms with Gasteiger partial charge in [-0.3, -0.25) is 24.6 Å². The number of nitro groups is 1. The van der Waals surface area contributed by atoms with Crippen LogP contribution in [0.15, 0.2) is 72.3 Å². The number of aliphatic hydroxyl groups is 1. The number of hydrogen-bond donors (Lipinski definition) is 1. The second kappa shape index (κ2) is 8.95. The number of nitro benzene ring substituents is 1. The normalized spacial score (nSPS) is 17.1. The molecule has 3 aromatic carbocycles. The van der Waals surface area contributed by atoms with Crippen molar-refractivity contribution in [3.63, 3.8) is 0 Å². The highest BCUT2D eigenvalue weighted by molar-refractivity contribution is 6.51. The van der Waals surface area contributed by atoms with Crippen molar-refractivity contribution >= 4 is 40.4 Å². The van der Waals surface area contributed by atoms with Crippen molar-refractivity contribution in [1.82, 2.24) is 0 Å². The molecule has 34 heavy (non-hydrogen) atoms. The zero-order valence-electron chi connectivity index (χ0n) is 17.6. The summed E-state index contributed by atoms with van der Waals surface area (Å²) in [6, 6.07) is 13.4. The first-order chi connectivity index (χ1) is 16.2. The van der Waals surface area contributed by atoms with Crippen LogP contribution in [0.4, 0.5) is 15.8 Å². The molecule has 8 nitrogen and oxygen atoms in total. The molecule has 1 N–H and O–H groups in total. The van der Waals surface area contributed by atoms with Crippen LogP contribution >= 0.6 is 11.6 Å². The van der Waals surface area contributed by atoms with Gasteiger partial charge in [0, 0.05) is 28.9 Å². The van der Waals surface area contributed by atoms with E-state index in [2.05, 4.69) is 0 Å². The Morgan fingerprint density at radius 1 is 1.12 bits per heavy atom. The highest BCUT2D eigenvalue weighted by Crippen LogP contribution is 2.44. The predicted molar refractivity (Wildman–Crippen MR) is 122 cm³/mol. The Morgan fingerprint density at radius 3 is 2.38 bits per heavy atom. The smallest absolute Gasteiger partial charge is 0.300 e. The number of anilines is 1. The van der Waals surface area contributed by atoms with Gasteiger partial charge in [-0.1, -0.05) is 29.8 Å². The van der Waals surface area contributed by atoms with E-state index in [1.807, 2.05) is 0 Å². The van der Waals surface area contributed by atoms with Crippen molar-refractivity contribution in [3.05, 3.63) is 104 Å². The minimum absolute atomic E-state index is 0.0305. The third-order valence-electron chi connectivity index (χ3n) is 5.41. The van der Waals surface area contributed by atoms with Crippen LogP contribution < -0.4 is 9.64 Å². The van der Waals surface area contributed by atoms with Crippen LogP contribution in [-0.4, -0.2) is 28.8 Å². The van der Waals surface area contributed by atoms with Crippen molar-refractivity contribution in [1.29, 1.82) is 0 Å². The number of aliphatic hydroxyl groups excluding tert-OH is 1. The lowest BCUT2D eigenvalue weighted by Crippen LogP contribution is -2.29. The topological polar surface area (TPSA) is 110 Å². The summed E-state index contributed by atoms with van der Waals surface area (Å²) < 4.78 is 20.0. The molecule has 1 aliphatic rings. The Kier molecular flexibility index (Phi) is 6.04. The van der Waals surface area contributed by atoms with Crippen molar-refractivity contribution < 1.29 is 28.7 Å². The largest absolute Gasteiger partial charge is 0.507 e. The number of non-ortho nitro benzene ring substituents is 1. The predicted octanol–water partition coefficient (Wildman–Crippen LogP) is 5.02. The van der Waals surface area contributed by atoms with Gasteiger partial charge in [-0.25, -0.2) is 4.39 Å². The third kappa shape index (κ3) is 3.86. The summed E-state index contributed by atoms with van der Waals surface area (Å²) in [5.74, 6) is -3.01. The van der Waals surface area contributed by atoms with Crippen LogP contribution in [0.1, 0.15) is 17.2 Å². The van der Waals surface area contributed by atoms with Gasteiger partial charge in [-0.2, -0.15) is 0 Å². The van der Waals surface area contributed by atoms with Gasteiger partial charge in [0.15, 0.2) is 0 Å². The summed E-state index contributed by atoms with van der Waals surface area (Å²) >= 11 is 6.21. The molecular weight excluding hydrogens is 467 g/mol. The van der Waals surface area contributed by atoms with Crippen LogP contribution in [0.5, 0.6) is 5.75 Å².